The summed E-state index contributed by atoms with van der Waals surface area (Å²) in [5, 5.41) is 2.78. The van der Waals surface area contributed by atoms with E-state index in [2.05, 4.69) is 21.2 Å². The first-order valence-corrected chi connectivity index (χ1v) is 7.83. The molecule has 0 saturated heterocycles. The molecular weight excluding hydrogens is 358 g/mol. The van der Waals surface area contributed by atoms with Gasteiger partial charge in [-0.05, 0) is 48.5 Å². The van der Waals surface area contributed by atoms with Crippen molar-refractivity contribution in [2.24, 2.45) is 0 Å². The van der Waals surface area contributed by atoms with Crippen molar-refractivity contribution in [2.75, 3.05) is 5.32 Å². The van der Waals surface area contributed by atoms with E-state index in [4.69, 9.17) is 9.15 Å². The molecule has 0 aliphatic carbocycles. The molecule has 0 saturated carbocycles. The summed E-state index contributed by atoms with van der Waals surface area (Å²) >= 11 is 3.35. The minimum Gasteiger partial charge on any atom is -0.486 e. The molecule has 3 aromatic rings. The summed E-state index contributed by atoms with van der Waals surface area (Å²) in [5.41, 5.74) is 0.705. The van der Waals surface area contributed by atoms with E-state index in [0.717, 1.165) is 10.2 Å². The van der Waals surface area contributed by atoms with E-state index in [1.165, 1.54) is 0 Å². The Balaban J connectivity index is 1.59. The number of amides is 1. The molecule has 1 aromatic heterocycles. The topological polar surface area (TPSA) is 51.5 Å². The van der Waals surface area contributed by atoms with Gasteiger partial charge in [-0.25, -0.2) is 0 Å². The number of rotatable bonds is 5. The normalized spacial score (nSPS) is 10.3. The fraction of sp³-hybridized carbons (Fsp3) is 0.0556. The Hall–Kier alpha value is -2.53. The van der Waals surface area contributed by atoms with Crippen LogP contribution in [0.25, 0.3) is 0 Å². The molecule has 0 atom stereocenters. The van der Waals surface area contributed by atoms with E-state index in [0.29, 0.717) is 11.4 Å². The van der Waals surface area contributed by atoms with E-state index in [1.54, 1.807) is 12.1 Å². The molecule has 0 radical (unpaired) electrons. The van der Waals surface area contributed by atoms with Crippen molar-refractivity contribution in [3.05, 3.63) is 82.7 Å². The summed E-state index contributed by atoms with van der Waals surface area (Å²) in [5.74, 6) is 1.30. The maximum absolute atomic E-state index is 12.1. The van der Waals surface area contributed by atoms with Crippen molar-refractivity contribution in [3.8, 4) is 5.75 Å². The number of ether oxygens (including phenoxy) is 1. The predicted molar refractivity (Wildman–Crippen MR) is 91.6 cm³/mol. The first kappa shape index (κ1) is 15.4. The van der Waals surface area contributed by atoms with Crippen LogP contribution in [0.3, 0.4) is 0 Å². The zero-order chi connectivity index (χ0) is 16.1. The van der Waals surface area contributed by atoms with Crippen LogP contribution in [-0.2, 0) is 6.61 Å². The second-order valence-electron chi connectivity index (χ2n) is 4.83. The number of carbonyl (C=O) groups is 1. The van der Waals surface area contributed by atoms with E-state index in [1.807, 2.05) is 54.6 Å². The van der Waals surface area contributed by atoms with Gasteiger partial charge in [0, 0.05) is 10.2 Å². The highest BCUT2D eigenvalue weighted by Gasteiger charge is 2.11. The maximum atomic E-state index is 12.1. The van der Waals surface area contributed by atoms with Gasteiger partial charge in [0.25, 0.3) is 5.91 Å². The maximum Gasteiger partial charge on any atom is 0.291 e. The Bertz CT molecular complexity index is 782. The number of hydrogen-bond donors (Lipinski definition) is 1. The van der Waals surface area contributed by atoms with Crippen LogP contribution in [0.5, 0.6) is 5.75 Å². The summed E-state index contributed by atoms with van der Waals surface area (Å²) in [4.78, 5) is 12.1. The van der Waals surface area contributed by atoms with Crippen LogP contribution in [0.4, 0.5) is 5.69 Å². The van der Waals surface area contributed by atoms with Gasteiger partial charge in [0.2, 0.25) is 0 Å². The van der Waals surface area contributed by atoms with Crippen molar-refractivity contribution in [2.45, 2.75) is 6.61 Å². The average molecular weight is 372 g/mol. The third kappa shape index (κ3) is 4.23. The van der Waals surface area contributed by atoms with Gasteiger partial charge < -0.3 is 14.5 Å². The van der Waals surface area contributed by atoms with Crippen molar-refractivity contribution < 1.29 is 13.9 Å². The fourth-order valence-electron chi connectivity index (χ4n) is 1.97. The highest BCUT2D eigenvalue weighted by molar-refractivity contribution is 9.10. The molecule has 23 heavy (non-hydrogen) atoms. The lowest BCUT2D eigenvalue weighted by Crippen LogP contribution is -2.10. The van der Waals surface area contributed by atoms with Gasteiger partial charge in [0.1, 0.15) is 18.1 Å². The molecule has 0 bridgehead atoms. The second kappa shape index (κ2) is 7.15. The zero-order valence-electron chi connectivity index (χ0n) is 12.2. The molecule has 0 spiro atoms. The summed E-state index contributed by atoms with van der Waals surface area (Å²) in [6.07, 6.45) is 0. The van der Waals surface area contributed by atoms with Crippen LogP contribution < -0.4 is 10.1 Å². The minimum absolute atomic E-state index is 0.250. The summed E-state index contributed by atoms with van der Waals surface area (Å²) < 4.78 is 12.1. The lowest BCUT2D eigenvalue weighted by molar-refractivity contribution is 0.0992. The van der Waals surface area contributed by atoms with Crippen LogP contribution in [0.2, 0.25) is 0 Å². The van der Waals surface area contributed by atoms with Crippen LogP contribution >= 0.6 is 15.9 Å². The zero-order valence-corrected chi connectivity index (χ0v) is 13.7. The van der Waals surface area contributed by atoms with E-state index in [9.17, 15) is 4.79 Å². The molecule has 4 nitrogen and oxygen atoms in total. The van der Waals surface area contributed by atoms with E-state index < -0.39 is 0 Å². The Labute approximate surface area is 142 Å². The van der Waals surface area contributed by atoms with E-state index in [-0.39, 0.29) is 18.3 Å². The second-order valence-corrected chi connectivity index (χ2v) is 5.74. The van der Waals surface area contributed by atoms with Crippen LogP contribution in [0, 0.1) is 0 Å². The van der Waals surface area contributed by atoms with Crippen LogP contribution in [0.15, 0.2) is 75.6 Å². The molecule has 5 heteroatoms. The monoisotopic (exact) mass is 371 g/mol. The summed E-state index contributed by atoms with van der Waals surface area (Å²) in [6.45, 7) is 0.273. The molecule has 0 aliphatic heterocycles. The third-order valence-corrected chi connectivity index (χ3v) is 3.64. The van der Waals surface area contributed by atoms with Gasteiger partial charge in [-0.2, -0.15) is 0 Å². The molecule has 3 rings (SSSR count). The molecule has 1 heterocycles. The minimum atomic E-state index is -0.293. The number of halogens is 1. The van der Waals surface area contributed by atoms with Gasteiger partial charge in [0.05, 0.1) is 0 Å². The first-order valence-electron chi connectivity index (χ1n) is 7.04. The Morgan fingerprint density at radius 3 is 2.48 bits per heavy atom. The molecule has 1 N–H and O–H groups in total. The molecule has 0 unspecified atom stereocenters. The van der Waals surface area contributed by atoms with Gasteiger partial charge in [-0.15, -0.1) is 0 Å². The fourth-order valence-corrected chi connectivity index (χ4v) is 2.24. The number of nitrogens with one attached hydrogen (secondary N) is 1. The standard InChI is InChI=1S/C18H14BrNO3/c19-13-6-8-14(9-7-13)20-18(21)17-11-10-16(23-17)12-22-15-4-2-1-3-5-15/h1-11H,12H2,(H,20,21). The number of furan rings is 1. The van der Waals surface area contributed by atoms with Crippen LogP contribution in [-0.4, -0.2) is 5.91 Å². The Kier molecular flexibility index (Phi) is 4.78. The molecular formula is C18H14BrNO3. The van der Waals surface area contributed by atoms with Gasteiger partial charge in [-0.1, -0.05) is 34.1 Å². The lowest BCUT2D eigenvalue weighted by atomic mass is 10.3. The van der Waals surface area contributed by atoms with Crippen LogP contribution in [0.1, 0.15) is 16.3 Å². The highest BCUT2D eigenvalue weighted by Crippen LogP contribution is 2.17. The summed E-state index contributed by atoms with van der Waals surface area (Å²) in [7, 11) is 0. The predicted octanol–water partition coefficient (Wildman–Crippen LogP) is 4.87. The Morgan fingerprint density at radius 2 is 1.74 bits per heavy atom. The number of para-hydroxylation sites is 1. The van der Waals surface area contributed by atoms with Gasteiger partial charge >= 0.3 is 0 Å². The van der Waals surface area contributed by atoms with Gasteiger partial charge in [-0.3, -0.25) is 4.79 Å². The molecule has 1 amide bonds. The van der Waals surface area contributed by atoms with Crippen molar-refractivity contribution in [1.29, 1.82) is 0 Å². The van der Waals surface area contributed by atoms with Crippen molar-refractivity contribution >= 4 is 27.5 Å². The SMILES string of the molecule is O=C(Nc1ccc(Br)cc1)c1ccc(COc2ccccc2)o1. The number of anilines is 1. The smallest absolute Gasteiger partial charge is 0.291 e. The van der Waals surface area contributed by atoms with E-state index >= 15 is 0 Å². The number of hydrogen-bond acceptors (Lipinski definition) is 3. The molecule has 116 valence electrons. The molecule has 2 aromatic carbocycles. The first-order chi connectivity index (χ1) is 11.2. The quantitative estimate of drug-likeness (QED) is 0.695. The molecule has 0 fully saturated rings. The Morgan fingerprint density at radius 1 is 1.00 bits per heavy atom. The number of carbonyl (C=O) groups excluding carboxylic acids is 1. The number of benzene rings is 2. The largest absolute Gasteiger partial charge is 0.486 e. The van der Waals surface area contributed by atoms with Gasteiger partial charge in [0.15, 0.2) is 5.76 Å². The lowest BCUT2D eigenvalue weighted by Gasteiger charge is -2.04. The van der Waals surface area contributed by atoms with Crippen molar-refractivity contribution in [3.63, 3.8) is 0 Å². The summed E-state index contributed by atoms with van der Waals surface area (Å²) in [6, 6.07) is 20.2. The third-order valence-electron chi connectivity index (χ3n) is 3.11. The van der Waals surface area contributed by atoms with Crippen molar-refractivity contribution in [1.82, 2.24) is 0 Å². The highest BCUT2D eigenvalue weighted by atomic mass is 79.9. The molecule has 0 aliphatic rings. The average Bonchev–Trinajstić information content (AvgIpc) is 3.05.